The molecule has 1 aliphatic rings. The van der Waals surface area contributed by atoms with Crippen LogP contribution in [0.1, 0.15) is 27.7 Å². The van der Waals surface area contributed by atoms with Crippen molar-refractivity contribution in [3.63, 3.8) is 0 Å². The molecule has 6 aromatic heterocycles. The van der Waals surface area contributed by atoms with Crippen molar-refractivity contribution in [1.82, 2.24) is 54.8 Å². The van der Waals surface area contributed by atoms with Gasteiger partial charge in [0.2, 0.25) is 5.28 Å². The van der Waals surface area contributed by atoms with Crippen molar-refractivity contribution in [1.29, 1.82) is 0 Å². The van der Waals surface area contributed by atoms with Crippen molar-refractivity contribution in [3.8, 4) is 175 Å². The van der Waals surface area contributed by atoms with Crippen molar-refractivity contribution in [2.75, 3.05) is 0 Å². The van der Waals surface area contributed by atoms with Gasteiger partial charge in [-0.2, -0.15) is 9.97 Å². The van der Waals surface area contributed by atoms with Crippen LogP contribution in [0.5, 0.6) is 5.75 Å². The van der Waals surface area contributed by atoms with Crippen molar-refractivity contribution >= 4 is 100 Å². The lowest BCUT2D eigenvalue weighted by molar-refractivity contribution is 0.00578. The first-order chi connectivity index (χ1) is 73.3. The second-order valence-corrected chi connectivity index (χ2v) is 37.7. The van der Waals surface area contributed by atoms with E-state index in [2.05, 4.69) is 214 Å². The molecule has 0 bridgehead atoms. The van der Waals surface area contributed by atoms with Gasteiger partial charge in [0.25, 0.3) is 0 Å². The zero-order valence-electron chi connectivity index (χ0n) is 81.7. The minimum absolute atomic E-state index is 0.165. The minimum atomic E-state index is -0.435. The average Bonchev–Trinajstić information content (AvgIpc) is 1.62. The molecule has 1 saturated heterocycles. The molecule has 1 N–H and O–H groups in total. The fourth-order valence-corrected chi connectivity index (χ4v) is 17.6. The topological polar surface area (TPSA) is 203 Å². The summed E-state index contributed by atoms with van der Waals surface area (Å²) in [5.41, 5.74) is 26.1. The number of nitrogens with zero attached hydrogens (tertiary/aromatic N) is 11. The van der Waals surface area contributed by atoms with E-state index in [4.69, 9.17) is 101 Å². The van der Waals surface area contributed by atoms with E-state index in [1.165, 1.54) is 39.4 Å². The van der Waals surface area contributed by atoms with Gasteiger partial charge in [0.1, 0.15) is 32.4 Å². The highest BCUT2D eigenvalue weighted by Gasteiger charge is 2.52. The van der Waals surface area contributed by atoms with Crippen LogP contribution >= 0.6 is 58.0 Å². The monoisotopic (exact) mass is 2050 g/mol. The number of fused-ring (bicyclic) bond motifs is 3. The van der Waals surface area contributed by atoms with Crippen molar-refractivity contribution < 1.29 is 23.4 Å². The summed E-state index contributed by atoms with van der Waals surface area (Å²) in [5.74, 6) is 4.25. The van der Waals surface area contributed by atoms with E-state index < -0.39 is 18.3 Å². The second-order valence-electron chi connectivity index (χ2n) is 35.7. The third-order valence-electron chi connectivity index (χ3n) is 25.1. The van der Waals surface area contributed by atoms with Gasteiger partial charge in [-0.15, -0.1) is 0 Å². The molecule has 0 unspecified atom stereocenters. The molecule has 0 atom stereocenters. The van der Waals surface area contributed by atoms with Gasteiger partial charge in [-0.05, 0) is 149 Å². The summed E-state index contributed by atoms with van der Waals surface area (Å²) in [6.45, 7) is 8.29. The maximum absolute atomic E-state index is 8.46. The number of rotatable bonds is 18. The van der Waals surface area contributed by atoms with Gasteiger partial charge < -0.3 is 23.4 Å². The first kappa shape index (κ1) is 102. The molecule has 727 valence electrons. The Hall–Kier alpha value is -16.9. The predicted octanol–water partition coefficient (Wildman–Crippen LogP) is 32.8. The number of halogens is 5. The van der Waals surface area contributed by atoms with Crippen molar-refractivity contribution in [2.24, 2.45) is 0 Å². The van der Waals surface area contributed by atoms with E-state index >= 15 is 0 Å². The molecule has 1 radical (unpaired) electrons. The molecule has 16 nitrogen and oxygen atoms in total. The highest BCUT2D eigenvalue weighted by Crippen LogP contribution is 2.40. The molecule has 7 heterocycles. The Bertz CT molecular complexity index is 8450. The molecule has 23 aromatic rings. The fraction of sp³-hybridized carbons (Fsp3) is 0.0472. The van der Waals surface area contributed by atoms with Crippen molar-refractivity contribution in [2.45, 2.75) is 38.9 Å². The van der Waals surface area contributed by atoms with E-state index in [0.717, 1.165) is 128 Å². The Labute approximate surface area is 896 Å². The summed E-state index contributed by atoms with van der Waals surface area (Å²) in [7, 11) is 0.243. The number of hydrogen-bond acceptors (Lipinski definition) is 16. The van der Waals surface area contributed by atoms with E-state index in [9.17, 15) is 0 Å². The summed E-state index contributed by atoms with van der Waals surface area (Å²) in [6.07, 6.45) is 0. The lowest BCUT2D eigenvalue weighted by atomic mass is 9.78. The van der Waals surface area contributed by atoms with Crippen LogP contribution in [0.2, 0.25) is 25.8 Å². The van der Waals surface area contributed by atoms with E-state index in [1.807, 2.05) is 322 Å². The molecule has 150 heavy (non-hydrogen) atoms. The molecule has 1 aliphatic heterocycles. The summed E-state index contributed by atoms with van der Waals surface area (Å²) in [4.78, 5) is 50.0. The van der Waals surface area contributed by atoms with Gasteiger partial charge in [0, 0.05) is 83.6 Å². The normalized spacial score (nSPS) is 12.0. The van der Waals surface area contributed by atoms with Crippen LogP contribution in [0.4, 0.5) is 0 Å². The largest absolute Gasteiger partial charge is 0.569 e. The quantitative estimate of drug-likeness (QED) is 0.0627. The van der Waals surface area contributed by atoms with Gasteiger partial charge in [-0.1, -0.05) is 465 Å². The number of hydrogen-bond donors (Lipinski definition) is 1. The van der Waals surface area contributed by atoms with Crippen LogP contribution in [-0.2, 0) is 9.31 Å². The number of para-hydroxylation sites is 1. The van der Waals surface area contributed by atoms with Crippen LogP contribution in [0.25, 0.3) is 191 Å². The predicted molar refractivity (Wildman–Crippen MR) is 613 cm³/mol. The standard InChI is InChI=1S/C34H31BN2O2.C28H19ClN2.C22H15ClN2.C21H12ClN3O.C12H10BO2.C10H6Cl2N2/c1-33(2)34(3,4)39-35(38-33)29-17-11-16-28(22-29)31-23-30(36-32(37-31)27-14-9-6-10-15-27)26-20-18-25(19-21-26)24-12-7-5-8-13-24;29-25-13-7-12-24(18-25)27-19-26(30-28(31-27)23-10-5-2-6-11-23)22-16-14-21(15-17-22)20-8-3-1-4-9-20;23-21-15-20(24-22(25-21)19-9-5-2-6-10-19)18-13-11-17(12-14-18)16-7-3-1-4-8-16;22-21-24-19(13-6-2-1-3-7-13)23-20(25-21)14-10-11-16-15-8-4-5-9-17(15)26-18(16)12-14;14-13-15-12-8-6-11(7-9-12)10-4-2-1-3-5-10;11-8-6-9(12)14-10(13-8)7-4-2-1-3-5-7/h5-23H,1-4H3;1-19H;1-15H;1-12H;1-9,14H;1-6H. The van der Waals surface area contributed by atoms with Gasteiger partial charge in [0.05, 0.1) is 39.7 Å². The Balaban J connectivity index is 0.000000116. The number of benzene rings is 17. The zero-order valence-corrected chi connectivity index (χ0v) is 85.5. The zero-order chi connectivity index (χ0) is 103. The highest BCUT2D eigenvalue weighted by atomic mass is 35.5. The Morgan fingerprint density at radius 2 is 0.507 bits per heavy atom. The summed E-state index contributed by atoms with van der Waals surface area (Å²) < 4.78 is 23.4. The average molecular weight is 2050 g/mol. The lowest BCUT2D eigenvalue weighted by Crippen LogP contribution is -2.41. The van der Waals surface area contributed by atoms with Crippen LogP contribution in [0.15, 0.2) is 490 Å². The molecule has 0 spiro atoms. The van der Waals surface area contributed by atoms with Gasteiger partial charge in [0.15, 0.2) is 34.9 Å². The van der Waals surface area contributed by atoms with E-state index in [-0.39, 0.29) is 5.28 Å². The molecular formula is C127H93B2Cl5N11O5. The summed E-state index contributed by atoms with van der Waals surface area (Å²) in [5, 5.41) is 12.6. The Kier molecular flexibility index (Phi) is 32.7. The van der Waals surface area contributed by atoms with Crippen LogP contribution in [0.3, 0.4) is 0 Å². The second kappa shape index (κ2) is 48.2. The van der Waals surface area contributed by atoms with Crippen molar-refractivity contribution in [3.05, 3.63) is 511 Å². The molecule has 0 aliphatic carbocycles. The summed E-state index contributed by atoms with van der Waals surface area (Å²) in [6, 6.07) is 161. The lowest BCUT2D eigenvalue weighted by Gasteiger charge is -2.32. The SMILES string of the molecule is CC1(C)OB(c2cccc(-c3cc(-c4ccc(-c5ccccc5)cc4)nc(-c4ccccc4)n3)c2)OC1(C)C.Clc1cc(-c2ccc(-c3ccccc3)cc2)nc(-c2ccccc2)n1.Clc1cc(Cl)nc(-c2ccccc2)n1.Clc1cccc(-c2cc(-c3ccc(-c4ccccc4)cc3)nc(-c3ccccc3)n2)c1.Clc1nc(-c2ccccc2)nc(-c2ccc3c(c2)oc2ccccc23)n1.O[B]Oc1ccc(-c2ccccc2)cc1. The third-order valence-corrected chi connectivity index (χ3v) is 26.0. The van der Waals surface area contributed by atoms with Crippen LogP contribution < -0.4 is 10.1 Å². The molecular weight excluding hydrogens is 1960 g/mol. The Morgan fingerprint density at radius 3 is 0.893 bits per heavy atom. The van der Waals surface area contributed by atoms with Gasteiger partial charge in [-0.25, -0.2) is 44.9 Å². The molecule has 0 amide bonds. The highest BCUT2D eigenvalue weighted by molar-refractivity contribution is 6.62. The fourth-order valence-electron chi connectivity index (χ4n) is 16.6. The maximum Gasteiger partial charge on any atom is 0.569 e. The maximum atomic E-state index is 8.46. The molecule has 1 fully saturated rings. The number of aromatic nitrogens is 11. The van der Waals surface area contributed by atoms with Gasteiger partial charge >= 0.3 is 14.8 Å². The first-order valence-corrected chi connectivity index (χ1v) is 50.3. The molecule has 17 aromatic carbocycles. The van der Waals surface area contributed by atoms with E-state index in [0.29, 0.717) is 68.9 Å². The van der Waals surface area contributed by atoms with Crippen LogP contribution in [-0.4, -0.2) is 85.9 Å². The molecule has 23 heteroatoms. The third kappa shape index (κ3) is 25.8. The van der Waals surface area contributed by atoms with E-state index in [1.54, 1.807) is 6.07 Å². The van der Waals surface area contributed by atoms with Gasteiger partial charge in [-0.3, -0.25) is 0 Å². The first-order valence-electron chi connectivity index (χ1n) is 48.4. The number of furan rings is 1. The molecule has 24 rings (SSSR count). The Morgan fingerprint density at radius 1 is 0.227 bits per heavy atom. The molecule has 0 saturated carbocycles. The minimum Gasteiger partial charge on any atom is -0.537 e. The summed E-state index contributed by atoms with van der Waals surface area (Å²) >= 11 is 30.1. The van der Waals surface area contributed by atoms with Crippen LogP contribution in [0, 0.1) is 0 Å². The smallest absolute Gasteiger partial charge is 0.537 e.